The van der Waals surface area contributed by atoms with Gasteiger partial charge < -0.3 is 15.5 Å². The van der Waals surface area contributed by atoms with Crippen molar-refractivity contribution in [1.29, 1.82) is 0 Å². The lowest BCUT2D eigenvalue weighted by molar-refractivity contribution is 0.478. The molecule has 1 fully saturated rings. The van der Waals surface area contributed by atoms with Crippen LogP contribution in [0, 0.1) is 0 Å². The third-order valence-corrected chi connectivity index (χ3v) is 3.48. The number of hydrogen-bond acceptors (Lipinski definition) is 5. The number of anilines is 2. The van der Waals surface area contributed by atoms with Crippen molar-refractivity contribution in [1.82, 2.24) is 15.3 Å². The summed E-state index contributed by atoms with van der Waals surface area (Å²) in [5.41, 5.74) is 0. The molecule has 100 valence electrons. The molecule has 5 heteroatoms. The standard InChI is InChI=1S/C13H23N5/c1-10(2)18(3)13-8-12(15-9-16-13)17-11-4-6-14-7-5-11/h8-11,14H,4-7H2,1-3H3,(H,15,16,17). The Morgan fingerprint density at radius 2 is 2.06 bits per heavy atom. The molecular formula is C13H23N5. The Morgan fingerprint density at radius 1 is 1.33 bits per heavy atom. The van der Waals surface area contributed by atoms with Gasteiger partial charge in [-0.25, -0.2) is 9.97 Å². The van der Waals surface area contributed by atoms with Crippen molar-refractivity contribution in [2.75, 3.05) is 30.4 Å². The molecule has 0 bridgehead atoms. The first kappa shape index (κ1) is 13.1. The van der Waals surface area contributed by atoms with Crippen molar-refractivity contribution in [3.63, 3.8) is 0 Å². The topological polar surface area (TPSA) is 53.1 Å². The van der Waals surface area contributed by atoms with Crippen LogP contribution in [-0.4, -0.2) is 42.2 Å². The average molecular weight is 249 g/mol. The van der Waals surface area contributed by atoms with Crippen LogP contribution < -0.4 is 15.5 Å². The minimum Gasteiger partial charge on any atom is -0.367 e. The Hall–Kier alpha value is -1.36. The van der Waals surface area contributed by atoms with Gasteiger partial charge in [0.25, 0.3) is 0 Å². The summed E-state index contributed by atoms with van der Waals surface area (Å²) in [6.07, 6.45) is 3.94. The first-order valence-corrected chi connectivity index (χ1v) is 6.69. The fourth-order valence-electron chi connectivity index (χ4n) is 2.06. The molecule has 18 heavy (non-hydrogen) atoms. The minimum absolute atomic E-state index is 0.437. The average Bonchev–Trinajstić information content (AvgIpc) is 2.39. The van der Waals surface area contributed by atoms with E-state index in [0.29, 0.717) is 12.1 Å². The molecule has 2 heterocycles. The van der Waals surface area contributed by atoms with Crippen molar-refractivity contribution in [2.45, 2.75) is 38.8 Å². The quantitative estimate of drug-likeness (QED) is 0.846. The van der Waals surface area contributed by atoms with Gasteiger partial charge in [0.2, 0.25) is 0 Å². The molecule has 1 aliphatic rings. The molecule has 1 aromatic heterocycles. The molecule has 2 N–H and O–H groups in total. The molecule has 0 atom stereocenters. The van der Waals surface area contributed by atoms with Gasteiger partial charge in [0.05, 0.1) is 0 Å². The van der Waals surface area contributed by atoms with E-state index in [2.05, 4.69) is 46.4 Å². The summed E-state index contributed by atoms with van der Waals surface area (Å²) in [6, 6.07) is 2.99. The minimum atomic E-state index is 0.437. The molecule has 0 spiro atoms. The maximum atomic E-state index is 4.32. The molecule has 0 unspecified atom stereocenters. The van der Waals surface area contributed by atoms with Crippen LogP contribution in [0.3, 0.4) is 0 Å². The predicted molar refractivity (Wildman–Crippen MR) is 75.1 cm³/mol. The molecule has 2 rings (SSSR count). The van der Waals surface area contributed by atoms with Gasteiger partial charge in [-0.3, -0.25) is 0 Å². The second kappa shape index (κ2) is 6.00. The SMILES string of the molecule is CC(C)N(C)c1cc(NC2CCNCC2)ncn1. The molecule has 0 aliphatic carbocycles. The van der Waals surface area contributed by atoms with E-state index in [1.54, 1.807) is 6.33 Å². The summed E-state index contributed by atoms with van der Waals surface area (Å²) in [5, 5.41) is 6.86. The van der Waals surface area contributed by atoms with Gasteiger partial charge >= 0.3 is 0 Å². The normalized spacial score (nSPS) is 16.9. The lowest BCUT2D eigenvalue weighted by atomic mass is 10.1. The molecule has 0 saturated carbocycles. The first-order chi connectivity index (χ1) is 8.66. The zero-order valence-electron chi connectivity index (χ0n) is 11.5. The smallest absolute Gasteiger partial charge is 0.134 e. The van der Waals surface area contributed by atoms with E-state index in [1.165, 1.54) is 0 Å². The van der Waals surface area contributed by atoms with Crippen molar-refractivity contribution in [3.8, 4) is 0 Å². The van der Waals surface area contributed by atoms with E-state index in [9.17, 15) is 0 Å². The zero-order valence-corrected chi connectivity index (χ0v) is 11.5. The van der Waals surface area contributed by atoms with E-state index >= 15 is 0 Å². The van der Waals surface area contributed by atoms with Crippen LogP contribution in [0.15, 0.2) is 12.4 Å². The zero-order chi connectivity index (χ0) is 13.0. The highest BCUT2D eigenvalue weighted by Crippen LogP contribution is 2.17. The number of rotatable bonds is 4. The van der Waals surface area contributed by atoms with Gasteiger partial charge in [0.1, 0.15) is 18.0 Å². The molecule has 0 amide bonds. The fourth-order valence-corrected chi connectivity index (χ4v) is 2.06. The molecule has 0 aromatic carbocycles. The summed E-state index contributed by atoms with van der Waals surface area (Å²) >= 11 is 0. The van der Waals surface area contributed by atoms with Crippen molar-refractivity contribution in [2.24, 2.45) is 0 Å². The van der Waals surface area contributed by atoms with Crippen molar-refractivity contribution >= 4 is 11.6 Å². The maximum absolute atomic E-state index is 4.32. The summed E-state index contributed by atoms with van der Waals surface area (Å²) in [7, 11) is 2.06. The van der Waals surface area contributed by atoms with Crippen LogP contribution in [0.5, 0.6) is 0 Å². The third kappa shape index (κ3) is 3.32. The summed E-state index contributed by atoms with van der Waals surface area (Å²) in [6.45, 7) is 6.48. The number of nitrogens with one attached hydrogen (secondary N) is 2. The molecule has 5 nitrogen and oxygen atoms in total. The molecule has 0 radical (unpaired) electrons. The van der Waals surface area contributed by atoms with Gasteiger partial charge in [0.15, 0.2) is 0 Å². The van der Waals surface area contributed by atoms with E-state index in [0.717, 1.165) is 37.6 Å². The molecule has 1 saturated heterocycles. The van der Waals surface area contributed by atoms with Crippen molar-refractivity contribution < 1.29 is 0 Å². The number of nitrogens with zero attached hydrogens (tertiary/aromatic N) is 3. The Bertz CT molecular complexity index is 373. The van der Waals surface area contributed by atoms with Crippen molar-refractivity contribution in [3.05, 3.63) is 12.4 Å². The van der Waals surface area contributed by atoms with E-state index in [4.69, 9.17) is 0 Å². The van der Waals surface area contributed by atoms with Gasteiger partial charge in [0, 0.05) is 25.2 Å². The molecular weight excluding hydrogens is 226 g/mol. The van der Waals surface area contributed by atoms with Gasteiger partial charge in [-0.2, -0.15) is 0 Å². The maximum Gasteiger partial charge on any atom is 0.134 e. The monoisotopic (exact) mass is 249 g/mol. The number of aromatic nitrogens is 2. The first-order valence-electron chi connectivity index (χ1n) is 6.69. The number of hydrogen-bond donors (Lipinski definition) is 2. The van der Waals surface area contributed by atoms with Crippen LogP contribution in [0.4, 0.5) is 11.6 Å². The van der Waals surface area contributed by atoms with Crippen LogP contribution in [0.2, 0.25) is 0 Å². The van der Waals surface area contributed by atoms with E-state index in [-0.39, 0.29) is 0 Å². The summed E-state index contributed by atoms with van der Waals surface area (Å²) in [5.74, 6) is 1.90. The highest BCUT2D eigenvalue weighted by molar-refractivity contribution is 5.48. The van der Waals surface area contributed by atoms with Crippen LogP contribution in [-0.2, 0) is 0 Å². The highest BCUT2D eigenvalue weighted by atomic mass is 15.2. The largest absolute Gasteiger partial charge is 0.367 e. The summed E-state index contributed by atoms with van der Waals surface area (Å²) in [4.78, 5) is 10.8. The lowest BCUT2D eigenvalue weighted by Gasteiger charge is -2.26. The third-order valence-electron chi connectivity index (χ3n) is 3.48. The van der Waals surface area contributed by atoms with Crippen LogP contribution >= 0.6 is 0 Å². The fraction of sp³-hybridized carbons (Fsp3) is 0.692. The molecule has 1 aromatic rings. The van der Waals surface area contributed by atoms with E-state index in [1.807, 2.05) is 6.07 Å². The Morgan fingerprint density at radius 3 is 2.72 bits per heavy atom. The van der Waals surface area contributed by atoms with Gasteiger partial charge in [-0.15, -0.1) is 0 Å². The van der Waals surface area contributed by atoms with Gasteiger partial charge in [-0.05, 0) is 39.8 Å². The van der Waals surface area contributed by atoms with Gasteiger partial charge in [-0.1, -0.05) is 0 Å². The van der Waals surface area contributed by atoms with E-state index < -0.39 is 0 Å². The summed E-state index contributed by atoms with van der Waals surface area (Å²) < 4.78 is 0. The lowest BCUT2D eigenvalue weighted by Crippen LogP contribution is -2.35. The van der Waals surface area contributed by atoms with Crippen LogP contribution in [0.1, 0.15) is 26.7 Å². The second-order valence-corrected chi connectivity index (χ2v) is 5.13. The Kier molecular flexibility index (Phi) is 4.36. The Balaban J connectivity index is 2.02. The number of piperidine rings is 1. The predicted octanol–water partition coefficient (Wildman–Crippen LogP) is 1.49. The second-order valence-electron chi connectivity index (χ2n) is 5.13. The van der Waals surface area contributed by atoms with Crippen LogP contribution in [0.25, 0.3) is 0 Å². The molecule has 1 aliphatic heterocycles. The highest BCUT2D eigenvalue weighted by Gasteiger charge is 2.14. The Labute approximate surface area is 109 Å².